The van der Waals surface area contributed by atoms with Gasteiger partial charge in [-0.2, -0.15) is 4.31 Å². The number of carbonyl (C=O) groups is 1. The molecule has 1 aliphatic rings. The monoisotopic (exact) mass is 712 g/mol. The number of ether oxygens (including phenoxy) is 2. The number of aliphatic hydroxyl groups excluding tert-OH is 1. The lowest BCUT2D eigenvalue weighted by molar-refractivity contribution is -0.00835. The molecule has 0 radical (unpaired) electrons. The molecule has 0 unspecified atom stereocenters. The van der Waals surface area contributed by atoms with E-state index < -0.39 is 38.1 Å². The van der Waals surface area contributed by atoms with E-state index in [0.29, 0.717) is 25.2 Å². The Balaban J connectivity index is 1.68. The molecule has 0 saturated heterocycles. The van der Waals surface area contributed by atoms with Crippen molar-refractivity contribution >= 4 is 43.0 Å². The highest BCUT2D eigenvalue weighted by atomic mass is 32.2. The van der Waals surface area contributed by atoms with E-state index in [2.05, 4.69) is 9.88 Å². The molecule has 0 fully saturated rings. The summed E-state index contributed by atoms with van der Waals surface area (Å²) in [6.07, 6.45) is 1.22. The first-order chi connectivity index (χ1) is 22.1. The van der Waals surface area contributed by atoms with Gasteiger partial charge >= 0.3 is 0 Å². The summed E-state index contributed by atoms with van der Waals surface area (Å²) in [5.41, 5.74) is 0.568. The average molecular weight is 713 g/mol. The number of carbonyl (C=O) groups excluding carboxylic acids is 1. The number of hydrogen-bond acceptors (Lipinski definition) is 11. The lowest BCUT2D eigenvalue weighted by Gasteiger charge is -2.35. The van der Waals surface area contributed by atoms with Crippen LogP contribution in [-0.2, 0) is 24.8 Å². The smallest absolute Gasteiger partial charge is 0.271 e. The molecule has 4 atom stereocenters. The zero-order valence-electron chi connectivity index (χ0n) is 27.5. The number of rotatable bonds is 9. The summed E-state index contributed by atoms with van der Waals surface area (Å²) in [7, 11) is -6.38. The van der Waals surface area contributed by atoms with Crippen LogP contribution in [0.2, 0.25) is 0 Å². The normalized spacial score (nSPS) is 21.1. The Morgan fingerprint density at radius 3 is 2.55 bits per heavy atom. The summed E-state index contributed by atoms with van der Waals surface area (Å²) in [6, 6.07) is 7.06. The van der Waals surface area contributed by atoms with Crippen molar-refractivity contribution in [3.05, 3.63) is 52.7 Å². The predicted molar refractivity (Wildman–Crippen MR) is 178 cm³/mol. The van der Waals surface area contributed by atoms with Gasteiger partial charge in [-0.15, -0.1) is 11.3 Å². The number of fused-ring (bicyclic) bond motifs is 1. The Hall–Kier alpha value is -3.02. The van der Waals surface area contributed by atoms with Crippen molar-refractivity contribution < 1.29 is 40.7 Å². The van der Waals surface area contributed by atoms with Crippen molar-refractivity contribution in [3.63, 3.8) is 0 Å². The third-order valence-electron chi connectivity index (χ3n) is 8.14. The fraction of sp³-hybridized carbons (Fsp3) is 0.548. The van der Waals surface area contributed by atoms with Gasteiger partial charge in [0.05, 0.1) is 30.4 Å². The minimum absolute atomic E-state index is 0.00611. The minimum atomic E-state index is -3.96. The van der Waals surface area contributed by atoms with Crippen LogP contribution in [0.25, 0.3) is 0 Å². The molecule has 0 aliphatic carbocycles. The van der Waals surface area contributed by atoms with Crippen LogP contribution in [0.15, 0.2) is 49.3 Å². The van der Waals surface area contributed by atoms with Gasteiger partial charge < -0.3 is 24.0 Å². The maximum Gasteiger partial charge on any atom is 0.271 e. The Morgan fingerprint density at radius 2 is 1.91 bits per heavy atom. The molecule has 3 aromatic rings. The topological polar surface area (TPSA) is 169 Å². The number of thiophene rings is 1. The first-order valence-electron chi connectivity index (χ1n) is 15.4. The second-order valence-electron chi connectivity index (χ2n) is 12.0. The van der Waals surface area contributed by atoms with Crippen molar-refractivity contribution in [3.8, 4) is 5.75 Å². The van der Waals surface area contributed by atoms with Crippen LogP contribution >= 0.6 is 11.3 Å². The van der Waals surface area contributed by atoms with Gasteiger partial charge in [0.1, 0.15) is 20.5 Å². The van der Waals surface area contributed by atoms with Gasteiger partial charge in [-0.3, -0.25) is 9.52 Å². The molecule has 4 rings (SSSR count). The zero-order valence-corrected chi connectivity index (χ0v) is 30.0. The highest BCUT2D eigenvalue weighted by molar-refractivity contribution is 7.94. The van der Waals surface area contributed by atoms with Crippen LogP contribution in [0.5, 0.6) is 5.75 Å². The molecular formula is C31H44N4O9S3. The second kappa shape index (κ2) is 15.5. The lowest BCUT2D eigenvalue weighted by Crippen LogP contribution is -2.48. The number of benzene rings is 1. The number of hydrogen-bond donors (Lipinski definition) is 2. The number of likely N-dealkylation sites (N-methyl/N-ethyl adjacent to an activating group) is 1. The van der Waals surface area contributed by atoms with Gasteiger partial charge in [0.25, 0.3) is 15.9 Å². The van der Waals surface area contributed by atoms with E-state index >= 15 is 0 Å². The number of nitrogens with zero attached hydrogens (tertiary/aromatic N) is 3. The van der Waals surface area contributed by atoms with Gasteiger partial charge in [-0.1, -0.05) is 18.1 Å². The third-order valence-corrected chi connectivity index (χ3v) is 13.0. The maximum atomic E-state index is 14.3. The Labute approximate surface area is 280 Å². The van der Waals surface area contributed by atoms with Gasteiger partial charge in [-0.05, 0) is 76.6 Å². The highest BCUT2D eigenvalue weighted by Gasteiger charge is 2.34. The fourth-order valence-electron chi connectivity index (χ4n) is 5.42. The minimum Gasteiger partial charge on any atom is -0.490 e. The maximum absolute atomic E-state index is 14.3. The Bertz CT molecular complexity index is 1710. The van der Waals surface area contributed by atoms with Gasteiger partial charge in [0, 0.05) is 38.3 Å². The molecule has 1 amide bonds. The largest absolute Gasteiger partial charge is 0.490 e. The number of amides is 1. The summed E-state index contributed by atoms with van der Waals surface area (Å²) in [5.74, 6) is -0.387. The Morgan fingerprint density at radius 1 is 1.17 bits per heavy atom. The van der Waals surface area contributed by atoms with Gasteiger partial charge in [0.2, 0.25) is 10.0 Å². The third kappa shape index (κ3) is 8.72. The highest BCUT2D eigenvalue weighted by Crippen LogP contribution is 2.30. The summed E-state index contributed by atoms with van der Waals surface area (Å²) >= 11 is 1.07. The lowest BCUT2D eigenvalue weighted by atomic mass is 10.0. The van der Waals surface area contributed by atoms with Crippen molar-refractivity contribution in [1.29, 1.82) is 0 Å². The fourth-order valence-corrected chi connectivity index (χ4v) is 8.93. The summed E-state index contributed by atoms with van der Waals surface area (Å²) in [5, 5.41) is 15.6. The quantitative estimate of drug-likeness (QED) is 0.327. The number of nitrogens with one attached hydrogen (secondary N) is 1. The summed E-state index contributed by atoms with van der Waals surface area (Å²) < 4.78 is 74.5. The van der Waals surface area contributed by atoms with Crippen LogP contribution in [0.4, 0.5) is 5.69 Å². The number of anilines is 1. The van der Waals surface area contributed by atoms with E-state index in [4.69, 9.17) is 14.0 Å². The van der Waals surface area contributed by atoms with E-state index in [1.807, 2.05) is 13.8 Å². The van der Waals surface area contributed by atoms with Crippen molar-refractivity contribution in [1.82, 2.24) is 14.4 Å². The molecule has 3 heterocycles. The molecule has 260 valence electrons. The van der Waals surface area contributed by atoms with Crippen molar-refractivity contribution in [2.45, 2.75) is 81.2 Å². The molecule has 0 saturated carbocycles. The summed E-state index contributed by atoms with van der Waals surface area (Å²) in [6.45, 7) is 8.68. The molecular weight excluding hydrogens is 669 g/mol. The van der Waals surface area contributed by atoms with Crippen molar-refractivity contribution in [2.75, 3.05) is 38.1 Å². The molecule has 2 aromatic heterocycles. The van der Waals surface area contributed by atoms with Crippen LogP contribution < -0.4 is 9.46 Å². The average Bonchev–Trinajstić information content (AvgIpc) is 3.69. The number of aryl methyl sites for hydroxylation is 2. The van der Waals surface area contributed by atoms with Crippen molar-refractivity contribution in [2.24, 2.45) is 5.92 Å². The van der Waals surface area contributed by atoms with E-state index in [9.17, 15) is 26.7 Å². The first-order valence-corrected chi connectivity index (χ1v) is 19.3. The SMILES string of the molecule is Cc1noc(C)c1S(=O)(=O)N(C)C[C@H]1OCCCC[C@@H](C)Oc2ccc(NS(=O)(=O)c3cccs3)cc2C(=O)N([C@H](C)CO)C[C@@H]1C. The summed E-state index contributed by atoms with van der Waals surface area (Å²) in [4.78, 5) is 15.8. The van der Waals surface area contributed by atoms with E-state index in [1.54, 1.807) is 44.4 Å². The molecule has 1 aliphatic heterocycles. The number of sulfonamides is 2. The van der Waals surface area contributed by atoms with Crippen LogP contribution in [0.3, 0.4) is 0 Å². The first kappa shape index (κ1) is 36.8. The zero-order chi connectivity index (χ0) is 34.5. The molecule has 1 aromatic carbocycles. The van der Waals surface area contributed by atoms with Gasteiger partial charge in [0.15, 0.2) is 5.76 Å². The Kier molecular flexibility index (Phi) is 12.1. The van der Waals surface area contributed by atoms with Crippen LogP contribution in [0.1, 0.15) is 61.8 Å². The second-order valence-corrected chi connectivity index (χ2v) is 16.8. The molecule has 16 heteroatoms. The molecule has 0 bridgehead atoms. The van der Waals surface area contributed by atoms with Crippen LogP contribution in [0, 0.1) is 19.8 Å². The standard InChI is InChI=1S/C31H44N4O9S3/c1-20-17-35(21(2)19-36)31(37)26-16-25(33-46(38,39)29-11-9-15-45-29)12-13-27(26)43-22(3)10-7-8-14-42-28(20)18-34(6)47(40,41)30-23(4)32-44-24(30)5/h9,11-13,15-16,20-22,28,33,36H,7-8,10,14,17-19H2,1-6H3/t20-,21+,22+,28+/m0/s1. The molecule has 47 heavy (non-hydrogen) atoms. The predicted octanol–water partition coefficient (Wildman–Crippen LogP) is 4.27. The molecule has 2 N–H and O–H groups in total. The van der Waals surface area contributed by atoms with E-state index in [1.165, 1.54) is 28.4 Å². The molecule has 0 spiro atoms. The van der Waals surface area contributed by atoms with Crippen LogP contribution in [-0.4, -0.2) is 93.8 Å². The van der Waals surface area contributed by atoms with E-state index in [-0.39, 0.29) is 63.5 Å². The number of aromatic nitrogens is 1. The van der Waals surface area contributed by atoms with E-state index in [0.717, 1.165) is 17.8 Å². The number of aliphatic hydroxyl groups is 1. The molecule has 13 nitrogen and oxygen atoms in total. The van der Waals surface area contributed by atoms with Gasteiger partial charge in [-0.25, -0.2) is 16.8 Å².